The van der Waals surface area contributed by atoms with E-state index in [9.17, 15) is 4.79 Å². The van der Waals surface area contributed by atoms with Crippen molar-refractivity contribution in [1.82, 2.24) is 5.32 Å². The molecule has 1 fully saturated rings. The zero-order chi connectivity index (χ0) is 13.0. The fourth-order valence-corrected chi connectivity index (χ4v) is 2.93. The van der Waals surface area contributed by atoms with Crippen LogP contribution in [0.5, 0.6) is 0 Å². The van der Waals surface area contributed by atoms with Crippen LogP contribution in [0, 0.1) is 5.92 Å². The highest BCUT2D eigenvalue weighted by Gasteiger charge is 2.23. The number of carbonyl (C=O) groups is 1. The first-order valence-electron chi connectivity index (χ1n) is 6.65. The topological polar surface area (TPSA) is 29.1 Å². The highest BCUT2D eigenvalue weighted by molar-refractivity contribution is 7.98. The van der Waals surface area contributed by atoms with Crippen molar-refractivity contribution < 1.29 is 4.79 Å². The molecule has 2 nitrogen and oxygen atoms in total. The molecule has 1 aromatic carbocycles. The number of hydrogen-bond acceptors (Lipinski definition) is 2. The largest absolute Gasteiger partial charge is 0.349 e. The van der Waals surface area contributed by atoms with Crippen LogP contribution in [-0.4, -0.2) is 18.2 Å². The Hall–Kier alpha value is -0.960. The van der Waals surface area contributed by atoms with Gasteiger partial charge in [-0.1, -0.05) is 19.8 Å². The highest BCUT2D eigenvalue weighted by Crippen LogP contribution is 2.24. The lowest BCUT2D eigenvalue weighted by molar-refractivity contribution is 0.0910. The van der Waals surface area contributed by atoms with Gasteiger partial charge in [0.1, 0.15) is 0 Å². The first kappa shape index (κ1) is 13.5. The van der Waals surface area contributed by atoms with Gasteiger partial charge < -0.3 is 5.32 Å². The molecule has 0 bridgehead atoms. The smallest absolute Gasteiger partial charge is 0.251 e. The molecule has 0 heterocycles. The minimum Gasteiger partial charge on any atom is -0.349 e. The van der Waals surface area contributed by atoms with E-state index in [1.165, 1.54) is 24.2 Å². The maximum atomic E-state index is 12.1. The maximum absolute atomic E-state index is 12.1. The molecule has 1 aromatic rings. The monoisotopic (exact) mass is 263 g/mol. The van der Waals surface area contributed by atoms with Crippen molar-refractivity contribution in [3.8, 4) is 0 Å². The zero-order valence-corrected chi connectivity index (χ0v) is 11.9. The minimum atomic E-state index is 0.0707. The summed E-state index contributed by atoms with van der Waals surface area (Å²) in [6.45, 7) is 2.24. The van der Waals surface area contributed by atoms with Gasteiger partial charge in [0.05, 0.1) is 0 Å². The van der Waals surface area contributed by atoms with E-state index in [2.05, 4.69) is 12.2 Å². The Balaban J connectivity index is 1.97. The standard InChI is InChI=1S/C15H21NOS/c1-11-5-3-4-6-14(11)16-15(17)12-7-9-13(18-2)10-8-12/h7-11,14H,3-6H2,1-2H3,(H,16,17)/t11-,14-/m1/s1. The van der Waals surface area contributed by atoms with Crippen LogP contribution in [0.25, 0.3) is 0 Å². The molecule has 1 aliphatic carbocycles. The summed E-state index contributed by atoms with van der Waals surface area (Å²) in [5.74, 6) is 0.676. The second kappa shape index (κ2) is 6.28. The fraction of sp³-hybridized carbons (Fsp3) is 0.533. The average molecular weight is 263 g/mol. The summed E-state index contributed by atoms with van der Waals surface area (Å²) in [4.78, 5) is 13.3. The molecule has 0 unspecified atom stereocenters. The van der Waals surface area contributed by atoms with Gasteiger partial charge in [-0.3, -0.25) is 4.79 Å². The van der Waals surface area contributed by atoms with Gasteiger partial charge in [0.15, 0.2) is 0 Å². The molecule has 2 atom stereocenters. The van der Waals surface area contributed by atoms with Crippen molar-refractivity contribution in [2.75, 3.05) is 6.26 Å². The van der Waals surface area contributed by atoms with Crippen LogP contribution in [0.4, 0.5) is 0 Å². The zero-order valence-electron chi connectivity index (χ0n) is 11.1. The lowest BCUT2D eigenvalue weighted by atomic mass is 9.86. The fourth-order valence-electron chi connectivity index (χ4n) is 2.52. The Morgan fingerprint density at radius 3 is 2.50 bits per heavy atom. The molecule has 0 saturated heterocycles. The molecule has 2 rings (SSSR count). The molecular weight excluding hydrogens is 242 g/mol. The van der Waals surface area contributed by atoms with Gasteiger partial charge in [0.2, 0.25) is 0 Å². The van der Waals surface area contributed by atoms with E-state index < -0.39 is 0 Å². The molecule has 1 saturated carbocycles. The second-order valence-electron chi connectivity index (χ2n) is 5.07. The summed E-state index contributed by atoms with van der Waals surface area (Å²) < 4.78 is 0. The number of rotatable bonds is 3. The minimum absolute atomic E-state index is 0.0707. The van der Waals surface area contributed by atoms with Gasteiger partial charge in [-0.05, 0) is 49.3 Å². The Labute approximate surface area is 114 Å². The Morgan fingerprint density at radius 1 is 1.22 bits per heavy atom. The van der Waals surface area contributed by atoms with E-state index in [4.69, 9.17) is 0 Å². The Morgan fingerprint density at radius 2 is 1.89 bits per heavy atom. The summed E-state index contributed by atoms with van der Waals surface area (Å²) in [5, 5.41) is 3.18. The quantitative estimate of drug-likeness (QED) is 0.842. The molecule has 0 aliphatic heterocycles. The van der Waals surface area contributed by atoms with Gasteiger partial charge in [0, 0.05) is 16.5 Å². The third-order valence-corrected chi connectivity index (χ3v) is 4.52. The van der Waals surface area contributed by atoms with Crippen molar-refractivity contribution >= 4 is 17.7 Å². The van der Waals surface area contributed by atoms with Crippen LogP contribution in [0.3, 0.4) is 0 Å². The van der Waals surface area contributed by atoms with Gasteiger partial charge in [-0.2, -0.15) is 0 Å². The molecule has 0 aromatic heterocycles. The van der Waals surface area contributed by atoms with Crippen molar-refractivity contribution in [1.29, 1.82) is 0 Å². The molecule has 3 heteroatoms. The number of carbonyl (C=O) groups excluding carboxylic acids is 1. The number of amides is 1. The van der Waals surface area contributed by atoms with Gasteiger partial charge >= 0.3 is 0 Å². The SMILES string of the molecule is CSc1ccc(C(=O)N[C@@H]2CCCC[C@H]2C)cc1. The van der Waals surface area contributed by atoms with E-state index in [-0.39, 0.29) is 5.91 Å². The highest BCUT2D eigenvalue weighted by atomic mass is 32.2. The number of nitrogens with one attached hydrogen (secondary N) is 1. The van der Waals surface area contributed by atoms with Gasteiger partial charge in [-0.15, -0.1) is 11.8 Å². The number of thioether (sulfide) groups is 1. The van der Waals surface area contributed by atoms with Crippen molar-refractivity contribution in [2.45, 2.75) is 43.5 Å². The summed E-state index contributed by atoms with van der Waals surface area (Å²) in [5.41, 5.74) is 0.769. The molecular formula is C15H21NOS. The van der Waals surface area contributed by atoms with Gasteiger partial charge in [-0.25, -0.2) is 0 Å². The third-order valence-electron chi connectivity index (χ3n) is 3.78. The lowest BCUT2D eigenvalue weighted by Crippen LogP contribution is -2.41. The van der Waals surface area contributed by atoms with Crippen LogP contribution >= 0.6 is 11.8 Å². The predicted molar refractivity (Wildman–Crippen MR) is 77.1 cm³/mol. The lowest BCUT2D eigenvalue weighted by Gasteiger charge is -2.29. The average Bonchev–Trinajstić information content (AvgIpc) is 2.41. The maximum Gasteiger partial charge on any atom is 0.251 e. The molecule has 1 N–H and O–H groups in total. The van der Waals surface area contributed by atoms with Crippen LogP contribution < -0.4 is 5.32 Å². The molecule has 0 radical (unpaired) electrons. The first-order valence-corrected chi connectivity index (χ1v) is 7.88. The van der Waals surface area contributed by atoms with E-state index in [0.29, 0.717) is 12.0 Å². The van der Waals surface area contributed by atoms with Crippen LogP contribution in [0.15, 0.2) is 29.2 Å². The molecule has 1 amide bonds. The molecule has 18 heavy (non-hydrogen) atoms. The summed E-state index contributed by atoms with van der Waals surface area (Å²) in [7, 11) is 0. The Kier molecular flexibility index (Phi) is 4.70. The normalized spacial score (nSPS) is 23.7. The summed E-state index contributed by atoms with van der Waals surface area (Å²) in [6, 6.07) is 8.18. The van der Waals surface area contributed by atoms with Crippen molar-refractivity contribution in [3.05, 3.63) is 29.8 Å². The second-order valence-corrected chi connectivity index (χ2v) is 5.95. The van der Waals surface area contributed by atoms with Crippen LogP contribution in [-0.2, 0) is 0 Å². The van der Waals surface area contributed by atoms with Crippen LogP contribution in [0.2, 0.25) is 0 Å². The van der Waals surface area contributed by atoms with Crippen molar-refractivity contribution in [3.63, 3.8) is 0 Å². The third kappa shape index (κ3) is 3.29. The molecule has 0 spiro atoms. The number of hydrogen-bond donors (Lipinski definition) is 1. The predicted octanol–water partition coefficient (Wildman–Crippen LogP) is 3.72. The molecule has 1 aliphatic rings. The van der Waals surface area contributed by atoms with E-state index in [1.54, 1.807) is 11.8 Å². The van der Waals surface area contributed by atoms with E-state index in [1.807, 2.05) is 30.5 Å². The van der Waals surface area contributed by atoms with Gasteiger partial charge in [0.25, 0.3) is 5.91 Å². The van der Waals surface area contributed by atoms with Crippen molar-refractivity contribution in [2.24, 2.45) is 5.92 Å². The number of benzene rings is 1. The van der Waals surface area contributed by atoms with E-state index in [0.717, 1.165) is 12.0 Å². The Bertz CT molecular complexity index is 401. The first-order chi connectivity index (χ1) is 8.70. The summed E-state index contributed by atoms with van der Waals surface area (Å²) in [6.07, 6.45) is 6.93. The van der Waals surface area contributed by atoms with Crippen LogP contribution in [0.1, 0.15) is 43.0 Å². The summed E-state index contributed by atoms with van der Waals surface area (Å²) >= 11 is 1.69. The van der Waals surface area contributed by atoms with E-state index >= 15 is 0 Å². The molecule has 98 valence electrons.